The smallest absolute Gasteiger partial charge is 0.229 e. The topological polar surface area (TPSA) is 131 Å². The number of nitrogens with two attached hydrogens (primary N) is 1. The van der Waals surface area contributed by atoms with Crippen molar-refractivity contribution in [1.82, 2.24) is 9.97 Å². The Balaban J connectivity index is 1.34. The predicted molar refractivity (Wildman–Crippen MR) is 127 cm³/mol. The molecule has 4 rings (SSSR count). The minimum Gasteiger partial charge on any atom is -0.508 e. The summed E-state index contributed by atoms with van der Waals surface area (Å²) in [7, 11) is 0. The molecule has 1 saturated heterocycles. The summed E-state index contributed by atoms with van der Waals surface area (Å²) >= 11 is 0. The van der Waals surface area contributed by atoms with Gasteiger partial charge in [-0.1, -0.05) is 30.2 Å². The van der Waals surface area contributed by atoms with Crippen LogP contribution < -0.4 is 16.0 Å². The third-order valence-corrected chi connectivity index (χ3v) is 5.59. The van der Waals surface area contributed by atoms with Crippen molar-refractivity contribution in [1.29, 1.82) is 0 Å². The molecule has 1 fully saturated rings. The van der Waals surface area contributed by atoms with E-state index in [-0.39, 0.29) is 30.6 Å². The van der Waals surface area contributed by atoms with Crippen LogP contribution in [0.5, 0.6) is 0 Å². The number of benzene rings is 1. The molecule has 1 aliphatic carbocycles. The SMILES string of the molecule is NC(=O)Cc1ccc(CC(=O)Nc2cncc(N3CCCC(OC4=C(O)CCC#C4)C3)n2)cc1. The number of anilines is 2. The molecule has 1 aromatic heterocycles. The number of hydrogen-bond donors (Lipinski definition) is 3. The highest BCUT2D eigenvalue weighted by atomic mass is 16.5. The molecule has 0 spiro atoms. The second-order valence-electron chi connectivity index (χ2n) is 8.35. The van der Waals surface area contributed by atoms with Gasteiger partial charge in [0.25, 0.3) is 0 Å². The number of rotatable bonds is 8. The number of nitrogens with zero attached hydrogens (tertiary/aromatic N) is 3. The van der Waals surface area contributed by atoms with Gasteiger partial charge in [0.05, 0.1) is 31.8 Å². The Bertz CT molecular complexity index is 1150. The van der Waals surface area contributed by atoms with Gasteiger partial charge in [-0.15, -0.1) is 0 Å². The van der Waals surface area contributed by atoms with Crippen molar-refractivity contribution in [2.24, 2.45) is 5.73 Å². The zero-order valence-electron chi connectivity index (χ0n) is 18.8. The Kier molecular flexibility index (Phi) is 7.28. The monoisotopic (exact) mass is 461 g/mol. The summed E-state index contributed by atoms with van der Waals surface area (Å²) in [5, 5.41) is 12.8. The van der Waals surface area contributed by atoms with Gasteiger partial charge in [0.15, 0.2) is 5.82 Å². The number of aromatic nitrogens is 2. The molecule has 2 heterocycles. The van der Waals surface area contributed by atoms with Gasteiger partial charge in [-0.3, -0.25) is 14.6 Å². The van der Waals surface area contributed by atoms with Gasteiger partial charge in [-0.05, 0) is 29.9 Å². The van der Waals surface area contributed by atoms with Gasteiger partial charge in [0.1, 0.15) is 17.7 Å². The molecule has 2 amide bonds. The van der Waals surface area contributed by atoms with Crippen molar-refractivity contribution >= 4 is 23.5 Å². The molecular weight excluding hydrogens is 434 g/mol. The lowest BCUT2D eigenvalue weighted by Crippen LogP contribution is -2.40. The summed E-state index contributed by atoms with van der Waals surface area (Å²) in [4.78, 5) is 34.4. The lowest BCUT2D eigenvalue weighted by atomic mass is 10.1. The first-order valence-corrected chi connectivity index (χ1v) is 11.3. The summed E-state index contributed by atoms with van der Waals surface area (Å²) in [6.45, 7) is 1.38. The van der Waals surface area contributed by atoms with Gasteiger partial charge in [0, 0.05) is 19.4 Å². The molecule has 9 heteroatoms. The minimum absolute atomic E-state index is 0.115. The average molecular weight is 462 g/mol. The second kappa shape index (κ2) is 10.7. The summed E-state index contributed by atoms with van der Waals surface area (Å²) in [5.41, 5.74) is 6.83. The van der Waals surface area contributed by atoms with Crippen molar-refractivity contribution in [2.75, 3.05) is 23.3 Å². The molecule has 9 nitrogen and oxygen atoms in total. The number of carbonyl (C=O) groups is 2. The molecule has 1 aliphatic heterocycles. The zero-order valence-corrected chi connectivity index (χ0v) is 18.8. The van der Waals surface area contributed by atoms with Crippen LogP contribution in [0.2, 0.25) is 0 Å². The number of aliphatic hydroxyl groups is 1. The molecule has 1 aromatic carbocycles. The highest BCUT2D eigenvalue weighted by Crippen LogP contribution is 2.23. The maximum absolute atomic E-state index is 12.5. The lowest BCUT2D eigenvalue weighted by molar-refractivity contribution is -0.117. The van der Waals surface area contributed by atoms with E-state index < -0.39 is 5.91 Å². The summed E-state index contributed by atoms with van der Waals surface area (Å²) in [5.74, 6) is 6.83. The number of carbonyl (C=O) groups excluding carboxylic acids is 2. The summed E-state index contributed by atoms with van der Waals surface area (Å²) in [6, 6.07) is 7.18. The first-order valence-electron chi connectivity index (χ1n) is 11.3. The fourth-order valence-electron chi connectivity index (χ4n) is 3.93. The number of nitrogens with one attached hydrogen (secondary N) is 1. The summed E-state index contributed by atoms with van der Waals surface area (Å²) in [6.07, 6.45) is 6.31. The van der Waals surface area contributed by atoms with E-state index in [1.54, 1.807) is 30.5 Å². The van der Waals surface area contributed by atoms with E-state index in [4.69, 9.17) is 10.5 Å². The van der Waals surface area contributed by atoms with Crippen LogP contribution in [-0.4, -0.2) is 46.1 Å². The predicted octanol–water partition coefficient (Wildman–Crippen LogP) is 2.24. The average Bonchev–Trinajstić information content (AvgIpc) is 2.82. The Morgan fingerprint density at radius 1 is 1.21 bits per heavy atom. The van der Waals surface area contributed by atoms with Gasteiger partial charge >= 0.3 is 0 Å². The number of ether oxygens (including phenoxy) is 1. The van der Waals surface area contributed by atoms with E-state index in [1.807, 2.05) is 0 Å². The van der Waals surface area contributed by atoms with E-state index in [9.17, 15) is 14.7 Å². The third-order valence-electron chi connectivity index (χ3n) is 5.59. The van der Waals surface area contributed by atoms with E-state index >= 15 is 0 Å². The fraction of sp³-hybridized carbons (Fsp3) is 0.360. The van der Waals surface area contributed by atoms with Crippen molar-refractivity contribution in [3.63, 3.8) is 0 Å². The molecular formula is C25H27N5O4. The van der Waals surface area contributed by atoms with Crippen LogP contribution >= 0.6 is 0 Å². The molecule has 4 N–H and O–H groups in total. The fourth-order valence-corrected chi connectivity index (χ4v) is 3.93. The van der Waals surface area contributed by atoms with Crippen LogP contribution in [0.4, 0.5) is 11.6 Å². The van der Waals surface area contributed by atoms with Crippen LogP contribution in [-0.2, 0) is 27.2 Å². The second-order valence-corrected chi connectivity index (χ2v) is 8.35. The van der Waals surface area contributed by atoms with Crippen LogP contribution in [0.25, 0.3) is 0 Å². The van der Waals surface area contributed by atoms with Crippen molar-refractivity contribution < 1.29 is 19.4 Å². The Hall–Kier alpha value is -4.06. The van der Waals surface area contributed by atoms with Crippen molar-refractivity contribution in [2.45, 2.75) is 44.6 Å². The van der Waals surface area contributed by atoms with Crippen LogP contribution in [0.1, 0.15) is 36.8 Å². The number of amides is 2. The highest BCUT2D eigenvalue weighted by Gasteiger charge is 2.24. The van der Waals surface area contributed by atoms with E-state index in [1.165, 1.54) is 6.20 Å². The number of allylic oxidation sites excluding steroid dienone is 2. The molecule has 2 aromatic rings. The molecule has 0 radical (unpaired) electrons. The van der Waals surface area contributed by atoms with Gasteiger partial charge in [-0.25, -0.2) is 4.98 Å². The Labute approximate surface area is 198 Å². The quantitative estimate of drug-likeness (QED) is 0.514. The molecule has 2 aliphatic rings. The van der Waals surface area contributed by atoms with Crippen LogP contribution in [0.15, 0.2) is 48.2 Å². The Morgan fingerprint density at radius 3 is 2.71 bits per heavy atom. The van der Waals surface area contributed by atoms with E-state index in [2.05, 4.69) is 32.0 Å². The molecule has 34 heavy (non-hydrogen) atoms. The highest BCUT2D eigenvalue weighted by molar-refractivity contribution is 5.91. The lowest BCUT2D eigenvalue weighted by Gasteiger charge is -2.33. The van der Waals surface area contributed by atoms with Crippen molar-refractivity contribution in [3.8, 4) is 11.8 Å². The zero-order chi connectivity index (χ0) is 23.9. The maximum Gasteiger partial charge on any atom is 0.229 e. The maximum atomic E-state index is 12.5. The molecule has 1 atom stereocenters. The van der Waals surface area contributed by atoms with Crippen molar-refractivity contribution in [3.05, 3.63) is 59.3 Å². The standard InChI is InChI=1S/C25H27N5O4/c26-22(32)12-17-7-9-18(10-8-17)13-25(33)29-23-14-27-15-24(28-23)30-11-3-4-19(16-30)34-21-6-2-1-5-20(21)31/h7-10,14-15,19,31H,1,3-5,11-13,16H2,(H2,26,32)(H,28,29,33). The number of hydrogen-bond acceptors (Lipinski definition) is 7. The van der Waals surface area contributed by atoms with Gasteiger partial charge in [-0.2, -0.15) is 0 Å². The molecule has 0 bridgehead atoms. The Morgan fingerprint density at radius 2 is 1.97 bits per heavy atom. The van der Waals surface area contributed by atoms with E-state index in [0.29, 0.717) is 36.8 Å². The first kappa shape index (κ1) is 23.1. The molecule has 1 unspecified atom stereocenters. The number of piperidine rings is 1. The molecule has 176 valence electrons. The molecule has 0 saturated carbocycles. The summed E-state index contributed by atoms with van der Waals surface area (Å²) < 4.78 is 5.96. The normalized spacial score (nSPS) is 17.5. The van der Waals surface area contributed by atoms with E-state index in [0.717, 1.165) is 30.5 Å². The van der Waals surface area contributed by atoms with Crippen LogP contribution in [0.3, 0.4) is 0 Å². The first-order chi connectivity index (χ1) is 16.5. The largest absolute Gasteiger partial charge is 0.508 e. The third kappa shape index (κ3) is 6.25. The minimum atomic E-state index is -0.395. The van der Waals surface area contributed by atoms with Crippen LogP contribution in [0, 0.1) is 11.8 Å². The number of aliphatic hydroxyl groups excluding tert-OH is 1. The van der Waals surface area contributed by atoms with Gasteiger partial charge < -0.3 is 25.8 Å². The number of primary amides is 1. The van der Waals surface area contributed by atoms with Gasteiger partial charge in [0.2, 0.25) is 17.6 Å².